The van der Waals surface area contributed by atoms with Crippen LogP contribution in [0.1, 0.15) is 26.2 Å². The van der Waals surface area contributed by atoms with Gasteiger partial charge >= 0.3 is 0 Å². The standard InChI is InChI=1S/C16H21N3O4S2/c1-11(23-2)9-15(20)18-16-17-13-6-5-12(10-14(13)24-16)25(21,22)19-7-3-4-8-19/h5-6,10-11H,3-4,7-9H2,1-2H3,(H,17,18,20). The van der Waals surface area contributed by atoms with E-state index in [0.29, 0.717) is 23.7 Å². The number of sulfonamides is 1. The number of nitrogens with zero attached hydrogens (tertiary/aromatic N) is 2. The molecule has 0 bridgehead atoms. The van der Waals surface area contributed by atoms with Crippen LogP contribution < -0.4 is 5.32 Å². The second-order valence-electron chi connectivity index (χ2n) is 6.06. The zero-order valence-corrected chi connectivity index (χ0v) is 15.8. The van der Waals surface area contributed by atoms with Crippen molar-refractivity contribution >= 4 is 42.6 Å². The molecule has 1 unspecified atom stereocenters. The summed E-state index contributed by atoms with van der Waals surface area (Å²) in [4.78, 5) is 16.6. The van der Waals surface area contributed by atoms with Gasteiger partial charge < -0.3 is 10.1 Å². The highest BCUT2D eigenvalue weighted by atomic mass is 32.2. The Balaban J connectivity index is 1.81. The molecule has 1 aliphatic heterocycles. The number of carbonyl (C=O) groups is 1. The van der Waals surface area contributed by atoms with Crippen molar-refractivity contribution in [1.29, 1.82) is 0 Å². The normalized spacial score (nSPS) is 17.0. The third-order valence-electron chi connectivity index (χ3n) is 4.18. The highest BCUT2D eigenvalue weighted by Gasteiger charge is 2.27. The first kappa shape index (κ1) is 18.2. The van der Waals surface area contributed by atoms with Gasteiger partial charge in [0.15, 0.2) is 5.13 Å². The van der Waals surface area contributed by atoms with Gasteiger partial charge in [-0.1, -0.05) is 11.3 Å². The minimum Gasteiger partial charge on any atom is -0.381 e. The zero-order chi connectivity index (χ0) is 18.0. The van der Waals surface area contributed by atoms with Crippen LogP contribution in [0.4, 0.5) is 5.13 Å². The van der Waals surface area contributed by atoms with E-state index in [9.17, 15) is 13.2 Å². The lowest BCUT2D eigenvalue weighted by atomic mass is 10.3. The topological polar surface area (TPSA) is 88.6 Å². The van der Waals surface area contributed by atoms with Gasteiger partial charge in [0.1, 0.15) is 0 Å². The Morgan fingerprint density at radius 2 is 2.12 bits per heavy atom. The van der Waals surface area contributed by atoms with Gasteiger partial charge in [-0.25, -0.2) is 13.4 Å². The van der Waals surface area contributed by atoms with Gasteiger partial charge in [0.2, 0.25) is 15.9 Å². The van der Waals surface area contributed by atoms with Crippen LogP contribution in [0.15, 0.2) is 23.1 Å². The van der Waals surface area contributed by atoms with Crippen LogP contribution in [0.25, 0.3) is 10.2 Å². The van der Waals surface area contributed by atoms with Crippen LogP contribution in [-0.4, -0.2) is 49.9 Å². The fraction of sp³-hybridized carbons (Fsp3) is 0.500. The van der Waals surface area contributed by atoms with Gasteiger partial charge in [0.05, 0.1) is 27.6 Å². The molecule has 1 N–H and O–H groups in total. The van der Waals surface area contributed by atoms with Crippen LogP contribution in [0.3, 0.4) is 0 Å². The number of rotatable bonds is 6. The Labute approximate surface area is 151 Å². The molecule has 1 aromatic carbocycles. The zero-order valence-electron chi connectivity index (χ0n) is 14.2. The van der Waals surface area contributed by atoms with Crippen LogP contribution in [-0.2, 0) is 19.6 Å². The van der Waals surface area contributed by atoms with E-state index < -0.39 is 10.0 Å². The molecule has 1 atom stereocenters. The Morgan fingerprint density at radius 3 is 2.80 bits per heavy atom. The molecule has 1 aliphatic rings. The molecule has 1 fully saturated rings. The van der Waals surface area contributed by atoms with E-state index >= 15 is 0 Å². The molecule has 136 valence electrons. The quantitative estimate of drug-likeness (QED) is 0.828. The monoisotopic (exact) mass is 383 g/mol. The lowest BCUT2D eigenvalue weighted by Gasteiger charge is -2.15. The van der Waals surface area contributed by atoms with Crippen molar-refractivity contribution in [1.82, 2.24) is 9.29 Å². The lowest BCUT2D eigenvalue weighted by Crippen LogP contribution is -2.27. The fourth-order valence-corrected chi connectivity index (χ4v) is 5.25. The highest BCUT2D eigenvalue weighted by Crippen LogP contribution is 2.30. The molecule has 2 aromatic rings. The predicted molar refractivity (Wildman–Crippen MR) is 97.3 cm³/mol. The Kier molecular flexibility index (Phi) is 5.38. The molecular weight excluding hydrogens is 362 g/mol. The summed E-state index contributed by atoms with van der Waals surface area (Å²) in [6, 6.07) is 4.89. The van der Waals surface area contributed by atoms with Gasteiger partial charge in [-0.15, -0.1) is 0 Å². The third kappa shape index (κ3) is 4.00. The molecule has 0 aliphatic carbocycles. The van der Waals surface area contributed by atoms with E-state index in [2.05, 4.69) is 10.3 Å². The average Bonchev–Trinajstić information content (AvgIpc) is 3.23. The number of aromatic nitrogens is 1. The van der Waals surface area contributed by atoms with Crippen LogP contribution in [0.5, 0.6) is 0 Å². The number of ether oxygens (including phenoxy) is 1. The second kappa shape index (κ2) is 7.36. The van der Waals surface area contributed by atoms with E-state index in [4.69, 9.17) is 4.74 Å². The molecule has 1 aromatic heterocycles. The first-order valence-electron chi connectivity index (χ1n) is 8.13. The number of amides is 1. The summed E-state index contributed by atoms with van der Waals surface area (Å²) >= 11 is 1.27. The number of benzene rings is 1. The summed E-state index contributed by atoms with van der Waals surface area (Å²) < 4.78 is 32.6. The van der Waals surface area contributed by atoms with Crippen molar-refractivity contribution in [2.24, 2.45) is 0 Å². The number of hydrogen-bond donors (Lipinski definition) is 1. The smallest absolute Gasteiger partial charge is 0.243 e. The number of methoxy groups -OCH3 is 1. The first-order chi connectivity index (χ1) is 11.9. The molecule has 25 heavy (non-hydrogen) atoms. The largest absolute Gasteiger partial charge is 0.381 e. The number of hydrogen-bond acceptors (Lipinski definition) is 6. The summed E-state index contributed by atoms with van der Waals surface area (Å²) in [5, 5.41) is 3.20. The molecule has 0 spiro atoms. The average molecular weight is 383 g/mol. The van der Waals surface area contributed by atoms with Gasteiger partial charge in [-0.2, -0.15) is 4.31 Å². The van der Waals surface area contributed by atoms with E-state index in [1.54, 1.807) is 25.3 Å². The van der Waals surface area contributed by atoms with E-state index in [0.717, 1.165) is 17.5 Å². The summed E-state index contributed by atoms with van der Waals surface area (Å²) in [5.74, 6) is -0.182. The number of anilines is 1. The Bertz CT molecular complexity index is 873. The van der Waals surface area contributed by atoms with Crippen LogP contribution in [0.2, 0.25) is 0 Å². The number of nitrogens with one attached hydrogen (secondary N) is 1. The summed E-state index contributed by atoms with van der Waals surface area (Å²) in [5.41, 5.74) is 0.667. The minimum atomic E-state index is -3.45. The molecular formula is C16H21N3O4S2. The molecule has 2 heterocycles. The molecule has 9 heteroatoms. The maximum Gasteiger partial charge on any atom is 0.243 e. The van der Waals surface area contributed by atoms with Crippen LogP contribution >= 0.6 is 11.3 Å². The molecule has 1 saturated heterocycles. The molecule has 3 rings (SSSR count). The molecule has 7 nitrogen and oxygen atoms in total. The second-order valence-corrected chi connectivity index (χ2v) is 9.03. The fourth-order valence-electron chi connectivity index (χ4n) is 2.71. The molecule has 0 saturated carbocycles. The summed E-state index contributed by atoms with van der Waals surface area (Å²) in [6.45, 7) is 2.96. The molecule has 0 radical (unpaired) electrons. The van der Waals surface area contributed by atoms with Gasteiger partial charge in [0, 0.05) is 20.2 Å². The van der Waals surface area contributed by atoms with Gasteiger partial charge in [0.25, 0.3) is 0 Å². The summed E-state index contributed by atoms with van der Waals surface area (Å²) in [7, 11) is -1.90. The van der Waals surface area contributed by atoms with E-state index in [1.165, 1.54) is 15.6 Å². The van der Waals surface area contributed by atoms with Crippen LogP contribution in [0, 0.1) is 0 Å². The first-order valence-corrected chi connectivity index (χ1v) is 10.4. The van der Waals surface area contributed by atoms with Gasteiger partial charge in [-0.05, 0) is 38.0 Å². The Hall–Kier alpha value is -1.55. The van der Waals surface area contributed by atoms with Gasteiger partial charge in [-0.3, -0.25) is 4.79 Å². The predicted octanol–water partition coefficient (Wildman–Crippen LogP) is 2.44. The van der Waals surface area contributed by atoms with Crippen molar-refractivity contribution in [2.45, 2.75) is 37.2 Å². The van der Waals surface area contributed by atoms with Crippen molar-refractivity contribution in [3.8, 4) is 0 Å². The SMILES string of the molecule is COC(C)CC(=O)Nc1nc2ccc(S(=O)(=O)N3CCCC3)cc2s1. The number of carbonyl (C=O) groups excluding carboxylic acids is 1. The van der Waals surface area contributed by atoms with Crippen molar-refractivity contribution in [2.75, 3.05) is 25.5 Å². The van der Waals surface area contributed by atoms with Crippen molar-refractivity contribution in [3.05, 3.63) is 18.2 Å². The number of fused-ring (bicyclic) bond motifs is 1. The molecule has 1 amide bonds. The van der Waals surface area contributed by atoms with E-state index in [-0.39, 0.29) is 23.3 Å². The maximum absolute atomic E-state index is 12.6. The number of thiazole rings is 1. The highest BCUT2D eigenvalue weighted by molar-refractivity contribution is 7.89. The van der Waals surface area contributed by atoms with E-state index in [1.807, 2.05) is 6.92 Å². The minimum absolute atomic E-state index is 0.174. The van der Waals surface area contributed by atoms with Crippen molar-refractivity contribution in [3.63, 3.8) is 0 Å². The third-order valence-corrected chi connectivity index (χ3v) is 7.01. The maximum atomic E-state index is 12.6. The van der Waals surface area contributed by atoms with Crippen molar-refractivity contribution < 1.29 is 17.9 Å². The summed E-state index contributed by atoms with van der Waals surface area (Å²) in [6.07, 6.45) is 1.86. The Morgan fingerprint density at radius 1 is 1.40 bits per heavy atom. The lowest BCUT2D eigenvalue weighted by molar-refractivity contribution is -0.118.